The number of nitrogens with zero attached hydrogens (tertiary/aromatic N) is 2. The van der Waals surface area contributed by atoms with Crippen LogP contribution < -0.4 is 4.74 Å². The molecule has 3 fully saturated rings. The number of benzene rings is 1. The Labute approximate surface area is 157 Å². The molecule has 1 aliphatic carbocycles. The third-order valence-corrected chi connectivity index (χ3v) is 6.85. The van der Waals surface area contributed by atoms with Crippen LogP contribution in [-0.4, -0.2) is 55.0 Å². The van der Waals surface area contributed by atoms with E-state index in [1.54, 1.807) is 7.11 Å². The van der Waals surface area contributed by atoms with E-state index in [4.69, 9.17) is 4.74 Å². The highest BCUT2D eigenvalue weighted by Gasteiger charge is 2.46. The molecule has 26 heavy (non-hydrogen) atoms. The lowest BCUT2D eigenvalue weighted by Crippen LogP contribution is -2.53. The molecule has 1 aromatic carbocycles. The van der Waals surface area contributed by atoms with Crippen molar-refractivity contribution in [2.45, 2.75) is 62.8 Å². The van der Waals surface area contributed by atoms with Crippen LogP contribution in [0.15, 0.2) is 24.3 Å². The number of carbonyl (C=O) groups is 1. The first-order valence-corrected chi connectivity index (χ1v) is 10.4. The van der Waals surface area contributed by atoms with Gasteiger partial charge in [0.2, 0.25) is 5.91 Å². The molecule has 4 rings (SSSR count). The van der Waals surface area contributed by atoms with Crippen molar-refractivity contribution in [3.63, 3.8) is 0 Å². The second-order valence-electron chi connectivity index (χ2n) is 8.31. The fraction of sp³-hybridized carbons (Fsp3) is 0.682. The van der Waals surface area contributed by atoms with Gasteiger partial charge in [0, 0.05) is 19.1 Å². The van der Waals surface area contributed by atoms with Crippen LogP contribution in [-0.2, 0) is 10.2 Å². The van der Waals surface area contributed by atoms with Crippen molar-refractivity contribution >= 4 is 5.91 Å². The fourth-order valence-electron chi connectivity index (χ4n) is 5.36. The first kappa shape index (κ1) is 17.8. The quantitative estimate of drug-likeness (QED) is 0.826. The molecule has 142 valence electrons. The van der Waals surface area contributed by atoms with Crippen LogP contribution in [0, 0.1) is 0 Å². The first-order valence-electron chi connectivity index (χ1n) is 10.4. The number of ether oxygens (including phenoxy) is 1. The minimum Gasteiger partial charge on any atom is -0.497 e. The summed E-state index contributed by atoms with van der Waals surface area (Å²) in [4.78, 5) is 18.5. The highest BCUT2D eigenvalue weighted by Crippen LogP contribution is 2.43. The summed E-state index contributed by atoms with van der Waals surface area (Å²) in [5.74, 6) is 1.24. The summed E-state index contributed by atoms with van der Waals surface area (Å²) < 4.78 is 5.31. The molecule has 4 nitrogen and oxygen atoms in total. The Balaban J connectivity index is 1.54. The van der Waals surface area contributed by atoms with Gasteiger partial charge in [0.15, 0.2) is 0 Å². The van der Waals surface area contributed by atoms with Crippen LogP contribution in [0.5, 0.6) is 5.75 Å². The minimum atomic E-state index is -0.306. The van der Waals surface area contributed by atoms with Gasteiger partial charge in [0.25, 0.3) is 0 Å². The van der Waals surface area contributed by atoms with Crippen LogP contribution >= 0.6 is 0 Å². The topological polar surface area (TPSA) is 32.8 Å². The van der Waals surface area contributed by atoms with E-state index in [1.165, 1.54) is 37.9 Å². The van der Waals surface area contributed by atoms with E-state index in [1.807, 2.05) is 12.1 Å². The van der Waals surface area contributed by atoms with Gasteiger partial charge in [0.05, 0.1) is 12.5 Å². The van der Waals surface area contributed by atoms with Crippen molar-refractivity contribution in [1.29, 1.82) is 0 Å². The zero-order valence-electron chi connectivity index (χ0n) is 16.1. The smallest absolute Gasteiger partial charge is 0.233 e. The van der Waals surface area contributed by atoms with Crippen molar-refractivity contribution in [2.75, 3.05) is 33.3 Å². The SMILES string of the molecule is COc1ccc(C2(C(=O)N3CCC[C@H](N4CCCC4)C3)CCCC2)cc1. The summed E-state index contributed by atoms with van der Waals surface area (Å²) in [6.07, 6.45) is 9.32. The monoisotopic (exact) mass is 356 g/mol. The predicted molar refractivity (Wildman–Crippen MR) is 104 cm³/mol. The molecule has 0 radical (unpaired) electrons. The molecule has 0 N–H and O–H groups in total. The van der Waals surface area contributed by atoms with Crippen LogP contribution in [0.2, 0.25) is 0 Å². The van der Waals surface area contributed by atoms with Gasteiger partial charge in [-0.2, -0.15) is 0 Å². The Morgan fingerprint density at radius 1 is 1.00 bits per heavy atom. The van der Waals surface area contributed by atoms with Crippen LogP contribution in [0.3, 0.4) is 0 Å². The molecule has 0 aromatic heterocycles. The Kier molecular flexibility index (Phi) is 5.21. The largest absolute Gasteiger partial charge is 0.497 e. The molecule has 1 aromatic rings. The molecule has 1 atom stereocenters. The molecule has 1 saturated carbocycles. The lowest BCUT2D eigenvalue weighted by Gasteiger charge is -2.42. The molecule has 0 unspecified atom stereocenters. The average Bonchev–Trinajstić information content (AvgIpc) is 3.40. The maximum atomic E-state index is 13.7. The molecule has 0 spiro atoms. The third-order valence-electron chi connectivity index (χ3n) is 6.85. The second-order valence-corrected chi connectivity index (χ2v) is 8.31. The standard InChI is InChI=1S/C22H32N2O2/c1-26-20-10-8-18(9-11-20)22(12-2-3-13-22)21(25)24-16-6-7-19(17-24)23-14-4-5-15-23/h8-11,19H,2-7,12-17H2,1H3/t19-/m0/s1. The van der Waals surface area contributed by atoms with E-state index in [0.717, 1.165) is 50.9 Å². The van der Waals surface area contributed by atoms with E-state index in [0.29, 0.717) is 11.9 Å². The number of hydrogen-bond donors (Lipinski definition) is 0. The second kappa shape index (κ2) is 7.59. The number of amides is 1. The van der Waals surface area contributed by atoms with E-state index < -0.39 is 0 Å². The third kappa shape index (κ3) is 3.24. The fourth-order valence-corrected chi connectivity index (χ4v) is 5.36. The Bertz CT molecular complexity index is 616. The zero-order valence-corrected chi connectivity index (χ0v) is 16.1. The molecular weight excluding hydrogens is 324 g/mol. The van der Waals surface area contributed by atoms with Crippen molar-refractivity contribution in [3.8, 4) is 5.75 Å². The summed E-state index contributed by atoms with van der Waals surface area (Å²) in [7, 11) is 1.69. The van der Waals surface area contributed by atoms with Gasteiger partial charge in [-0.05, 0) is 69.3 Å². The number of methoxy groups -OCH3 is 1. The first-order chi connectivity index (χ1) is 12.7. The number of rotatable bonds is 4. The molecule has 1 amide bonds. The molecule has 0 bridgehead atoms. The van der Waals surface area contributed by atoms with Crippen LogP contribution in [0.4, 0.5) is 0 Å². The summed E-state index contributed by atoms with van der Waals surface area (Å²) >= 11 is 0. The van der Waals surface area contributed by atoms with Gasteiger partial charge < -0.3 is 9.64 Å². The van der Waals surface area contributed by atoms with E-state index in [-0.39, 0.29) is 5.41 Å². The highest BCUT2D eigenvalue weighted by atomic mass is 16.5. The zero-order chi connectivity index (χ0) is 18.0. The van der Waals surface area contributed by atoms with Gasteiger partial charge in [-0.15, -0.1) is 0 Å². The lowest BCUT2D eigenvalue weighted by molar-refractivity contribution is -0.139. The summed E-state index contributed by atoms with van der Waals surface area (Å²) in [6, 6.07) is 8.82. The molecule has 4 heteroatoms. The Hall–Kier alpha value is -1.55. The minimum absolute atomic E-state index is 0.306. The number of likely N-dealkylation sites (tertiary alicyclic amines) is 2. The van der Waals surface area contributed by atoms with Crippen molar-refractivity contribution in [1.82, 2.24) is 9.80 Å². The van der Waals surface area contributed by atoms with Crippen LogP contribution in [0.1, 0.15) is 56.9 Å². The van der Waals surface area contributed by atoms with Crippen molar-refractivity contribution in [2.24, 2.45) is 0 Å². The summed E-state index contributed by atoms with van der Waals surface area (Å²) in [5.41, 5.74) is 0.878. The molecule has 2 heterocycles. The maximum Gasteiger partial charge on any atom is 0.233 e. The predicted octanol–water partition coefficient (Wildman–Crippen LogP) is 3.59. The van der Waals surface area contributed by atoms with Crippen molar-refractivity contribution < 1.29 is 9.53 Å². The number of carbonyl (C=O) groups excluding carboxylic acids is 1. The highest BCUT2D eigenvalue weighted by molar-refractivity contribution is 5.89. The van der Waals surface area contributed by atoms with Gasteiger partial charge in [-0.25, -0.2) is 0 Å². The van der Waals surface area contributed by atoms with Crippen molar-refractivity contribution in [3.05, 3.63) is 29.8 Å². The molecule has 2 saturated heterocycles. The average molecular weight is 357 g/mol. The van der Waals surface area contributed by atoms with Gasteiger partial charge in [0.1, 0.15) is 5.75 Å². The van der Waals surface area contributed by atoms with E-state index >= 15 is 0 Å². The van der Waals surface area contributed by atoms with Crippen LogP contribution in [0.25, 0.3) is 0 Å². The number of hydrogen-bond acceptors (Lipinski definition) is 3. The van der Waals surface area contributed by atoms with Gasteiger partial charge in [-0.3, -0.25) is 9.69 Å². The molecular formula is C22H32N2O2. The van der Waals surface area contributed by atoms with Gasteiger partial charge in [-0.1, -0.05) is 25.0 Å². The lowest BCUT2D eigenvalue weighted by atomic mass is 9.77. The van der Waals surface area contributed by atoms with E-state index in [9.17, 15) is 4.79 Å². The normalized spacial score (nSPS) is 26.2. The Morgan fingerprint density at radius 2 is 1.69 bits per heavy atom. The molecule has 3 aliphatic rings. The maximum absolute atomic E-state index is 13.7. The van der Waals surface area contributed by atoms with E-state index in [2.05, 4.69) is 21.9 Å². The Morgan fingerprint density at radius 3 is 2.35 bits per heavy atom. The summed E-state index contributed by atoms with van der Waals surface area (Å²) in [5, 5.41) is 0. The molecule has 2 aliphatic heterocycles. The van der Waals surface area contributed by atoms with Gasteiger partial charge >= 0.3 is 0 Å². The number of piperidine rings is 1. The summed E-state index contributed by atoms with van der Waals surface area (Å²) in [6.45, 7) is 4.30.